The van der Waals surface area contributed by atoms with E-state index in [0.29, 0.717) is 11.5 Å². The third-order valence-corrected chi connectivity index (χ3v) is 3.73. The van der Waals surface area contributed by atoms with Gasteiger partial charge in [-0.1, -0.05) is 6.07 Å². The Morgan fingerprint density at radius 2 is 1.95 bits per heavy atom. The third-order valence-electron chi connectivity index (χ3n) is 3.73. The van der Waals surface area contributed by atoms with E-state index in [1.165, 1.54) is 18.5 Å². The van der Waals surface area contributed by atoms with Crippen molar-refractivity contribution < 1.29 is 4.42 Å². The van der Waals surface area contributed by atoms with Gasteiger partial charge >= 0.3 is 0 Å². The SMILES string of the molecule is c1cc(-c2nc3ncccc3o2)cc(N2CCCC2)c1. The number of pyridine rings is 1. The molecule has 4 rings (SSSR count). The lowest BCUT2D eigenvalue weighted by molar-refractivity contribution is 0.619. The van der Waals surface area contributed by atoms with Gasteiger partial charge < -0.3 is 9.32 Å². The lowest BCUT2D eigenvalue weighted by atomic mass is 10.2. The van der Waals surface area contributed by atoms with E-state index in [0.717, 1.165) is 24.2 Å². The van der Waals surface area contributed by atoms with Crippen LogP contribution < -0.4 is 4.90 Å². The maximum Gasteiger partial charge on any atom is 0.228 e. The van der Waals surface area contributed by atoms with Crippen molar-refractivity contribution in [1.82, 2.24) is 9.97 Å². The maximum absolute atomic E-state index is 5.78. The molecule has 0 atom stereocenters. The molecular weight excluding hydrogens is 250 g/mol. The molecule has 3 heterocycles. The normalized spacial score (nSPS) is 15.1. The standard InChI is InChI=1S/C16H15N3O/c1-2-10-19(9-1)13-6-3-5-12(11-13)16-18-15-14(20-16)7-4-8-17-15/h3-8,11H,1-2,9-10H2. The summed E-state index contributed by atoms with van der Waals surface area (Å²) < 4.78 is 5.78. The maximum atomic E-state index is 5.78. The van der Waals surface area contributed by atoms with E-state index in [1.54, 1.807) is 6.20 Å². The van der Waals surface area contributed by atoms with Gasteiger partial charge in [-0.05, 0) is 43.2 Å². The highest BCUT2D eigenvalue weighted by molar-refractivity contribution is 5.73. The third kappa shape index (κ3) is 1.93. The summed E-state index contributed by atoms with van der Waals surface area (Å²) in [7, 11) is 0. The molecule has 0 radical (unpaired) electrons. The van der Waals surface area contributed by atoms with Crippen LogP contribution in [0.25, 0.3) is 22.7 Å². The quantitative estimate of drug-likeness (QED) is 0.711. The first kappa shape index (κ1) is 11.5. The van der Waals surface area contributed by atoms with Crippen molar-refractivity contribution in [1.29, 1.82) is 0 Å². The van der Waals surface area contributed by atoms with Gasteiger partial charge in [0.1, 0.15) is 0 Å². The van der Waals surface area contributed by atoms with Gasteiger partial charge in [0, 0.05) is 30.5 Å². The Morgan fingerprint density at radius 1 is 1.05 bits per heavy atom. The second-order valence-corrected chi connectivity index (χ2v) is 5.09. The number of aromatic nitrogens is 2. The first-order chi connectivity index (χ1) is 9.90. The Balaban J connectivity index is 1.75. The predicted octanol–water partition coefficient (Wildman–Crippen LogP) is 3.49. The van der Waals surface area contributed by atoms with Gasteiger partial charge in [-0.2, -0.15) is 4.98 Å². The summed E-state index contributed by atoms with van der Waals surface area (Å²) >= 11 is 0. The minimum absolute atomic E-state index is 0.639. The molecule has 100 valence electrons. The fraction of sp³-hybridized carbons (Fsp3) is 0.250. The highest BCUT2D eigenvalue weighted by atomic mass is 16.3. The molecule has 2 aromatic heterocycles. The van der Waals surface area contributed by atoms with Crippen LogP contribution in [0.15, 0.2) is 47.0 Å². The number of rotatable bonds is 2. The summed E-state index contributed by atoms with van der Waals surface area (Å²) in [5.74, 6) is 0.639. The molecule has 0 unspecified atom stereocenters. The van der Waals surface area contributed by atoms with Crippen LogP contribution in [0.5, 0.6) is 0 Å². The minimum atomic E-state index is 0.639. The van der Waals surface area contributed by atoms with Gasteiger partial charge in [-0.3, -0.25) is 0 Å². The van der Waals surface area contributed by atoms with Crippen LogP contribution >= 0.6 is 0 Å². The number of hydrogen-bond donors (Lipinski definition) is 0. The van der Waals surface area contributed by atoms with E-state index in [2.05, 4.69) is 33.1 Å². The number of anilines is 1. The van der Waals surface area contributed by atoms with Crippen LogP contribution in [0, 0.1) is 0 Å². The minimum Gasteiger partial charge on any atom is -0.434 e. The second-order valence-electron chi connectivity index (χ2n) is 5.09. The number of nitrogens with zero attached hydrogens (tertiary/aromatic N) is 3. The molecule has 1 fully saturated rings. The molecule has 3 aromatic rings. The average Bonchev–Trinajstić information content (AvgIpc) is 3.16. The summed E-state index contributed by atoms with van der Waals surface area (Å²) in [5, 5.41) is 0. The highest BCUT2D eigenvalue weighted by Crippen LogP contribution is 2.28. The van der Waals surface area contributed by atoms with Crippen molar-refractivity contribution >= 4 is 16.9 Å². The van der Waals surface area contributed by atoms with Crippen LogP contribution in [0.2, 0.25) is 0 Å². The molecule has 1 aromatic carbocycles. The summed E-state index contributed by atoms with van der Waals surface area (Å²) in [6, 6.07) is 12.1. The van der Waals surface area contributed by atoms with E-state index in [-0.39, 0.29) is 0 Å². The molecule has 0 bridgehead atoms. The molecule has 0 amide bonds. The fourth-order valence-corrected chi connectivity index (χ4v) is 2.70. The molecule has 4 nitrogen and oxygen atoms in total. The first-order valence-corrected chi connectivity index (χ1v) is 6.97. The van der Waals surface area contributed by atoms with E-state index >= 15 is 0 Å². The summed E-state index contributed by atoms with van der Waals surface area (Å²) in [6.07, 6.45) is 4.28. The molecule has 0 aliphatic carbocycles. The van der Waals surface area contributed by atoms with Gasteiger partial charge in [0.15, 0.2) is 11.2 Å². The molecule has 0 N–H and O–H groups in total. The van der Waals surface area contributed by atoms with Crippen molar-refractivity contribution in [3.63, 3.8) is 0 Å². The number of benzene rings is 1. The summed E-state index contributed by atoms with van der Waals surface area (Å²) in [6.45, 7) is 2.27. The van der Waals surface area contributed by atoms with Crippen molar-refractivity contribution in [2.45, 2.75) is 12.8 Å². The van der Waals surface area contributed by atoms with Crippen LogP contribution in [-0.4, -0.2) is 23.1 Å². The zero-order valence-corrected chi connectivity index (χ0v) is 11.1. The van der Waals surface area contributed by atoms with Gasteiger partial charge in [0.05, 0.1) is 0 Å². The predicted molar refractivity (Wildman–Crippen MR) is 78.7 cm³/mol. The zero-order valence-electron chi connectivity index (χ0n) is 11.1. The summed E-state index contributed by atoms with van der Waals surface area (Å²) in [4.78, 5) is 11.1. The van der Waals surface area contributed by atoms with Crippen molar-refractivity contribution in [3.05, 3.63) is 42.6 Å². The first-order valence-electron chi connectivity index (χ1n) is 6.97. The Bertz CT molecular complexity index is 711. The molecule has 0 spiro atoms. The highest BCUT2D eigenvalue weighted by Gasteiger charge is 2.14. The molecular formula is C16H15N3O. The Labute approximate surface area is 117 Å². The Morgan fingerprint density at radius 3 is 2.80 bits per heavy atom. The van der Waals surface area contributed by atoms with E-state index in [4.69, 9.17) is 4.42 Å². The molecule has 1 aliphatic heterocycles. The van der Waals surface area contributed by atoms with Crippen LogP contribution in [0.3, 0.4) is 0 Å². The number of fused-ring (bicyclic) bond motifs is 1. The largest absolute Gasteiger partial charge is 0.434 e. The van der Waals surface area contributed by atoms with E-state index in [1.807, 2.05) is 18.2 Å². The number of oxazole rings is 1. The summed E-state index contributed by atoms with van der Waals surface area (Å²) in [5.41, 5.74) is 3.64. The van der Waals surface area contributed by atoms with Gasteiger partial charge in [-0.25, -0.2) is 4.98 Å². The fourth-order valence-electron chi connectivity index (χ4n) is 2.70. The van der Waals surface area contributed by atoms with Gasteiger partial charge in [-0.15, -0.1) is 0 Å². The lowest BCUT2D eigenvalue weighted by Crippen LogP contribution is -2.17. The molecule has 1 aliphatic rings. The van der Waals surface area contributed by atoms with Crippen LogP contribution in [-0.2, 0) is 0 Å². The Hall–Kier alpha value is -2.36. The van der Waals surface area contributed by atoms with Crippen molar-refractivity contribution in [2.75, 3.05) is 18.0 Å². The average molecular weight is 265 g/mol. The smallest absolute Gasteiger partial charge is 0.228 e. The molecule has 1 saturated heterocycles. The van der Waals surface area contributed by atoms with Crippen molar-refractivity contribution in [3.8, 4) is 11.5 Å². The van der Waals surface area contributed by atoms with Gasteiger partial charge in [0.2, 0.25) is 5.89 Å². The van der Waals surface area contributed by atoms with Crippen molar-refractivity contribution in [2.24, 2.45) is 0 Å². The molecule has 20 heavy (non-hydrogen) atoms. The second kappa shape index (κ2) is 4.63. The molecule has 4 heteroatoms. The van der Waals surface area contributed by atoms with Crippen LogP contribution in [0.1, 0.15) is 12.8 Å². The molecule has 0 saturated carbocycles. The number of hydrogen-bond acceptors (Lipinski definition) is 4. The lowest BCUT2D eigenvalue weighted by Gasteiger charge is -2.17. The van der Waals surface area contributed by atoms with Crippen LogP contribution in [0.4, 0.5) is 5.69 Å². The zero-order chi connectivity index (χ0) is 13.4. The van der Waals surface area contributed by atoms with E-state index in [9.17, 15) is 0 Å². The van der Waals surface area contributed by atoms with Gasteiger partial charge in [0.25, 0.3) is 0 Å². The van der Waals surface area contributed by atoms with E-state index < -0.39 is 0 Å². The topological polar surface area (TPSA) is 42.2 Å². The Kier molecular flexibility index (Phi) is 2.66. The monoisotopic (exact) mass is 265 g/mol.